The monoisotopic (exact) mass is 481 g/mol. The van der Waals surface area contributed by atoms with E-state index in [0.717, 1.165) is 41.4 Å². The van der Waals surface area contributed by atoms with Crippen LogP contribution in [0.25, 0.3) is 5.69 Å². The third kappa shape index (κ3) is 7.31. The van der Waals surface area contributed by atoms with Gasteiger partial charge in [0.1, 0.15) is 11.5 Å². The first kappa shape index (κ1) is 26.7. The normalized spacial score (nSPS) is 12.3. The van der Waals surface area contributed by atoms with Crippen molar-refractivity contribution < 1.29 is 19.3 Å². The highest BCUT2D eigenvalue weighted by atomic mass is 16.5. The van der Waals surface area contributed by atoms with Crippen molar-refractivity contribution in [1.29, 1.82) is 0 Å². The molecular formula is C28H39N3O4. The number of hydrogen-bond acceptors (Lipinski definition) is 6. The van der Waals surface area contributed by atoms with Crippen LogP contribution in [0.15, 0.2) is 54.6 Å². The molecule has 2 aromatic carbocycles. The van der Waals surface area contributed by atoms with Crippen LogP contribution in [-0.4, -0.2) is 59.3 Å². The summed E-state index contributed by atoms with van der Waals surface area (Å²) < 4.78 is 19.1. The van der Waals surface area contributed by atoms with Gasteiger partial charge in [0, 0.05) is 19.7 Å². The number of aliphatic hydroxyl groups excluding tert-OH is 1. The first-order valence-corrected chi connectivity index (χ1v) is 12.4. The highest BCUT2D eigenvalue weighted by Gasteiger charge is 2.25. The van der Waals surface area contributed by atoms with Crippen molar-refractivity contribution in [3.63, 3.8) is 0 Å². The lowest BCUT2D eigenvalue weighted by Crippen LogP contribution is -2.35. The SMILES string of the molecule is CCCN(Cc1c(C(C)C)nn(-c2ccc(OC)cc2)c1Oc1ccccc1)C[C@H](O)COCC. The number of ether oxygens (including phenoxy) is 3. The molecule has 0 bridgehead atoms. The summed E-state index contributed by atoms with van der Waals surface area (Å²) in [7, 11) is 1.66. The number of rotatable bonds is 14. The van der Waals surface area contributed by atoms with E-state index in [1.807, 2.05) is 66.2 Å². The van der Waals surface area contributed by atoms with Gasteiger partial charge in [-0.05, 0) is 62.2 Å². The van der Waals surface area contributed by atoms with E-state index in [0.29, 0.717) is 32.2 Å². The molecule has 0 aliphatic rings. The average molecular weight is 482 g/mol. The minimum Gasteiger partial charge on any atom is -0.497 e. The molecule has 1 atom stereocenters. The van der Waals surface area contributed by atoms with Crippen molar-refractivity contribution in [3.05, 3.63) is 65.9 Å². The largest absolute Gasteiger partial charge is 0.497 e. The van der Waals surface area contributed by atoms with E-state index in [4.69, 9.17) is 19.3 Å². The molecule has 1 heterocycles. The topological polar surface area (TPSA) is 69.0 Å². The molecule has 3 rings (SSSR count). The molecule has 7 heteroatoms. The molecule has 0 amide bonds. The quantitative estimate of drug-likeness (QED) is 0.332. The summed E-state index contributed by atoms with van der Waals surface area (Å²) >= 11 is 0. The summed E-state index contributed by atoms with van der Waals surface area (Å²) in [6.07, 6.45) is 0.416. The van der Waals surface area contributed by atoms with Crippen LogP contribution in [0.5, 0.6) is 17.4 Å². The number of aliphatic hydroxyl groups is 1. The van der Waals surface area contributed by atoms with Crippen LogP contribution in [0.3, 0.4) is 0 Å². The van der Waals surface area contributed by atoms with Crippen LogP contribution in [0.4, 0.5) is 0 Å². The summed E-state index contributed by atoms with van der Waals surface area (Å²) in [5.74, 6) is 2.41. The summed E-state index contributed by atoms with van der Waals surface area (Å²) in [4.78, 5) is 2.25. The Morgan fingerprint density at radius 1 is 1.00 bits per heavy atom. The van der Waals surface area contributed by atoms with Crippen LogP contribution in [0, 0.1) is 0 Å². The van der Waals surface area contributed by atoms with Gasteiger partial charge in [-0.15, -0.1) is 0 Å². The van der Waals surface area contributed by atoms with Crippen LogP contribution < -0.4 is 9.47 Å². The van der Waals surface area contributed by atoms with Crippen molar-refractivity contribution in [3.8, 4) is 23.1 Å². The third-order valence-corrected chi connectivity index (χ3v) is 5.69. The van der Waals surface area contributed by atoms with E-state index in [1.165, 1.54) is 0 Å². The molecule has 0 saturated heterocycles. The van der Waals surface area contributed by atoms with E-state index >= 15 is 0 Å². The summed E-state index contributed by atoms with van der Waals surface area (Å²) in [6, 6.07) is 17.6. The maximum absolute atomic E-state index is 10.5. The molecule has 0 aliphatic carbocycles. The third-order valence-electron chi connectivity index (χ3n) is 5.69. The van der Waals surface area contributed by atoms with Gasteiger partial charge in [0.2, 0.25) is 5.88 Å². The Bertz CT molecular complexity index is 1020. The zero-order valence-corrected chi connectivity index (χ0v) is 21.6. The molecule has 1 aromatic heterocycles. The fraction of sp³-hybridized carbons (Fsp3) is 0.464. The van der Waals surface area contributed by atoms with E-state index in [-0.39, 0.29) is 5.92 Å². The number of para-hydroxylation sites is 1. The van der Waals surface area contributed by atoms with Gasteiger partial charge in [0.15, 0.2) is 0 Å². The molecule has 35 heavy (non-hydrogen) atoms. The summed E-state index contributed by atoms with van der Waals surface area (Å²) in [5, 5.41) is 15.6. The molecule has 0 radical (unpaired) electrons. The first-order valence-electron chi connectivity index (χ1n) is 12.4. The van der Waals surface area contributed by atoms with Crippen molar-refractivity contribution in [2.45, 2.75) is 52.7 Å². The second-order valence-electron chi connectivity index (χ2n) is 8.90. The van der Waals surface area contributed by atoms with Gasteiger partial charge in [0.05, 0.1) is 36.8 Å². The maximum atomic E-state index is 10.5. The second-order valence-corrected chi connectivity index (χ2v) is 8.90. The van der Waals surface area contributed by atoms with Crippen molar-refractivity contribution in [2.24, 2.45) is 0 Å². The molecule has 7 nitrogen and oxygen atoms in total. The molecular weight excluding hydrogens is 442 g/mol. The van der Waals surface area contributed by atoms with Gasteiger partial charge in [-0.3, -0.25) is 4.90 Å². The number of hydrogen-bond donors (Lipinski definition) is 1. The Kier molecular flexibility index (Phi) is 10.1. The van der Waals surface area contributed by atoms with Crippen LogP contribution in [0.1, 0.15) is 51.3 Å². The lowest BCUT2D eigenvalue weighted by atomic mass is 10.1. The van der Waals surface area contributed by atoms with E-state index in [2.05, 4.69) is 25.7 Å². The number of benzene rings is 2. The molecule has 0 spiro atoms. The summed E-state index contributed by atoms with van der Waals surface area (Å²) in [5.41, 5.74) is 2.90. The molecule has 0 aliphatic heterocycles. The molecule has 0 unspecified atom stereocenters. The summed E-state index contributed by atoms with van der Waals surface area (Å²) in [6.45, 7) is 11.3. The number of aromatic nitrogens is 2. The Morgan fingerprint density at radius 3 is 2.31 bits per heavy atom. The predicted octanol–water partition coefficient (Wildman–Crippen LogP) is 5.41. The van der Waals surface area contributed by atoms with E-state index in [1.54, 1.807) is 7.11 Å². The van der Waals surface area contributed by atoms with Gasteiger partial charge in [-0.1, -0.05) is 39.0 Å². The Labute approximate surface area is 209 Å². The highest BCUT2D eigenvalue weighted by molar-refractivity contribution is 5.46. The van der Waals surface area contributed by atoms with Gasteiger partial charge in [-0.25, -0.2) is 4.68 Å². The van der Waals surface area contributed by atoms with Crippen LogP contribution >= 0.6 is 0 Å². The molecule has 190 valence electrons. The lowest BCUT2D eigenvalue weighted by Gasteiger charge is -2.25. The lowest BCUT2D eigenvalue weighted by molar-refractivity contribution is 0.0194. The average Bonchev–Trinajstić information content (AvgIpc) is 3.21. The Morgan fingerprint density at radius 2 is 1.71 bits per heavy atom. The van der Waals surface area contributed by atoms with Crippen molar-refractivity contribution in [1.82, 2.24) is 14.7 Å². The Balaban J connectivity index is 2.04. The zero-order chi connectivity index (χ0) is 25.2. The van der Waals surface area contributed by atoms with Crippen LogP contribution in [0.2, 0.25) is 0 Å². The molecule has 3 aromatic rings. The first-order chi connectivity index (χ1) is 17.0. The van der Waals surface area contributed by atoms with Crippen molar-refractivity contribution >= 4 is 0 Å². The molecule has 1 N–H and O–H groups in total. The fourth-order valence-corrected chi connectivity index (χ4v) is 4.05. The van der Waals surface area contributed by atoms with Gasteiger partial charge in [-0.2, -0.15) is 5.10 Å². The van der Waals surface area contributed by atoms with Crippen LogP contribution in [-0.2, 0) is 11.3 Å². The maximum Gasteiger partial charge on any atom is 0.227 e. The highest BCUT2D eigenvalue weighted by Crippen LogP contribution is 2.35. The van der Waals surface area contributed by atoms with Gasteiger partial charge in [0.25, 0.3) is 0 Å². The fourth-order valence-electron chi connectivity index (χ4n) is 4.05. The molecule has 0 fully saturated rings. The minimum atomic E-state index is -0.556. The number of nitrogens with zero attached hydrogens (tertiary/aromatic N) is 3. The standard InChI is InChI=1S/C28H39N3O4/c1-6-17-30(18-23(32)20-34-7-2)19-26-27(21(3)4)29-31(22-13-15-24(33-5)16-14-22)28(26)35-25-11-9-8-10-12-25/h8-16,21,23,32H,6-7,17-20H2,1-5H3/t23-/m0/s1. The van der Waals surface area contributed by atoms with E-state index < -0.39 is 6.10 Å². The predicted molar refractivity (Wildman–Crippen MR) is 139 cm³/mol. The molecule has 0 saturated carbocycles. The number of methoxy groups -OCH3 is 1. The Hall–Kier alpha value is -2.87. The van der Waals surface area contributed by atoms with Crippen molar-refractivity contribution in [2.75, 3.05) is 33.4 Å². The smallest absolute Gasteiger partial charge is 0.227 e. The van der Waals surface area contributed by atoms with E-state index in [9.17, 15) is 5.11 Å². The minimum absolute atomic E-state index is 0.194. The van der Waals surface area contributed by atoms with Gasteiger partial charge >= 0.3 is 0 Å². The zero-order valence-electron chi connectivity index (χ0n) is 21.6. The van der Waals surface area contributed by atoms with Gasteiger partial charge < -0.3 is 19.3 Å². The second kappa shape index (κ2) is 13.3.